The molecular formula is C25H27N3O. The second-order valence-corrected chi connectivity index (χ2v) is 8.40. The summed E-state index contributed by atoms with van der Waals surface area (Å²) in [4.78, 5) is 5.77. The fourth-order valence-corrected chi connectivity index (χ4v) is 4.16. The summed E-state index contributed by atoms with van der Waals surface area (Å²) >= 11 is 0. The number of rotatable bonds is 3. The molecule has 0 aromatic rings. The van der Waals surface area contributed by atoms with Crippen LogP contribution in [0.25, 0.3) is 4.85 Å². The number of ether oxygens (including phenoxy) is 1. The van der Waals surface area contributed by atoms with Gasteiger partial charge in [-0.2, -0.15) is 0 Å². The lowest BCUT2D eigenvalue weighted by atomic mass is 9.76. The van der Waals surface area contributed by atoms with Crippen LogP contribution in [0.15, 0.2) is 82.7 Å². The Morgan fingerprint density at radius 3 is 2.79 bits per heavy atom. The van der Waals surface area contributed by atoms with Crippen molar-refractivity contribution < 1.29 is 4.74 Å². The molecule has 0 aliphatic carbocycles. The summed E-state index contributed by atoms with van der Waals surface area (Å²) in [6, 6.07) is 2.45. The first-order chi connectivity index (χ1) is 13.8. The number of nitriles is 1. The van der Waals surface area contributed by atoms with Crippen molar-refractivity contribution >= 4 is 0 Å². The van der Waals surface area contributed by atoms with Crippen LogP contribution in [0, 0.1) is 23.3 Å². The van der Waals surface area contributed by atoms with Crippen molar-refractivity contribution in [1.29, 1.82) is 5.26 Å². The molecule has 0 bridgehead atoms. The maximum absolute atomic E-state index is 9.11. The summed E-state index contributed by atoms with van der Waals surface area (Å²) in [5.41, 5.74) is 4.63. The highest BCUT2D eigenvalue weighted by atomic mass is 16.5. The van der Waals surface area contributed by atoms with Gasteiger partial charge in [-0.25, -0.2) is 10.1 Å². The Balaban J connectivity index is 1.86. The second kappa shape index (κ2) is 8.02. The highest BCUT2D eigenvalue weighted by Gasteiger charge is 2.38. The third-order valence-corrected chi connectivity index (χ3v) is 5.72. The van der Waals surface area contributed by atoms with Crippen LogP contribution in [0.4, 0.5) is 0 Å². The molecule has 3 aliphatic rings. The molecular weight excluding hydrogens is 358 g/mol. The molecule has 1 unspecified atom stereocenters. The zero-order valence-electron chi connectivity index (χ0n) is 17.6. The molecule has 1 fully saturated rings. The zero-order chi connectivity index (χ0) is 21.2. The first kappa shape index (κ1) is 20.5. The van der Waals surface area contributed by atoms with Gasteiger partial charge >= 0.3 is 0 Å². The van der Waals surface area contributed by atoms with Gasteiger partial charge in [-0.1, -0.05) is 38.7 Å². The molecule has 4 heteroatoms. The number of nitrogens with zero attached hydrogens (tertiary/aromatic N) is 3. The van der Waals surface area contributed by atoms with Gasteiger partial charge in [-0.15, -0.1) is 0 Å². The molecule has 3 rings (SSSR count). The van der Waals surface area contributed by atoms with Crippen LogP contribution >= 0.6 is 0 Å². The average molecular weight is 386 g/mol. The quantitative estimate of drug-likeness (QED) is 0.342. The highest BCUT2D eigenvalue weighted by Crippen LogP contribution is 2.46. The van der Waals surface area contributed by atoms with Gasteiger partial charge in [0, 0.05) is 18.3 Å². The molecule has 0 radical (unpaired) electrons. The Bertz CT molecular complexity index is 984. The summed E-state index contributed by atoms with van der Waals surface area (Å²) in [5, 5.41) is 9.11. The predicted octanol–water partition coefficient (Wildman–Crippen LogP) is 5.95. The van der Waals surface area contributed by atoms with E-state index in [1.807, 2.05) is 31.2 Å². The van der Waals surface area contributed by atoms with E-state index in [0.29, 0.717) is 23.1 Å². The average Bonchev–Trinajstić information content (AvgIpc) is 2.94. The molecule has 1 atom stereocenters. The zero-order valence-corrected chi connectivity index (χ0v) is 17.6. The molecule has 148 valence electrons. The normalized spacial score (nSPS) is 25.4. The maximum Gasteiger partial charge on any atom is 0.269 e. The number of hydrogen-bond donors (Lipinski definition) is 0. The van der Waals surface area contributed by atoms with Gasteiger partial charge in [-0.3, -0.25) is 0 Å². The van der Waals surface area contributed by atoms with Crippen LogP contribution in [-0.4, -0.2) is 17.5 Å². The summed E-state index contributed by atoms with van der Waals surface area (Å²) in [5.74, 6) is 1.27. The maximum atomic E-state index is 9.11. The smallest absolute Gasteiger partial charge is 0.269 e. The van der Waals surface area contributed by atoms with Crippen molar-refractivity contribution in [2.24, 2.45) is 5.41 Å². The van der Waals surface area contributed by atoms with Gasteiger partial charge in [0.1, 0.15) is 11.5 Å². The summed E-state index contributed by atoms with van der Waals surface area (Å²) in [6.07, 6.45) is 13.6. The van der Waals surface area contributed by atoms with E-state index in [0.717, 1.165) is 19.4 Å². The van der Waals surface area contributed by atoms with Crippen molar-refractivity contribution in [3.8, 4) is 6.07 Å². The summed E-state index contributed by atoms with van der Waals surface area (Å²) in [6.45, 7) is 21.2. The van der Waals surface area contributed by atoms with Gasteiger partial charge in [0.05, 0.1) is 12.6 Å². The lowest BCUT2D eigenvalue weighted by Gasteiger charge is -2.40. The lowest BCUT2D eigenvalue weighted by molar-refractivity contribution is 0.230. The number of allylic oxidation sites excluding steroid dienone is 11. The van der Waals surface area contributed by atoms with Gasteiger partial charge < -0.3 is 9.64 Å². The van der Waals surface area contributed by atoms with E-state index in [1.165, 1.54) is 16.8 Å². The third kappa shape index (κ3) is 4.13. The van der Waals surface area contributed by atoms with Crippen LogP contribution in [0.2, 0.25) is 0 Å². The summed E-state index contributed by atoms with van der Waals surface area (Å²) < 4.78 is 5.71. The van der Waals surface area contributed by atoms with Crippen molar-refractivity contribution in [1.82, 2.24) is 4.90 Å². The molecule has 29 heavy (non-hydrogen) atoms. The fourth-order valence-electron chi connectivity index (χ4n) is 4.16. The molecule has 0 N–H and O–H groups in total. The largest absolute Gasteiger partial charge is 0.462 e. The van der Waals surface area contributed by atoms with Crippen LogP contribution in [0.1, 0.15) is 40.5 Å². The van der Waals surface area contributed by atoms with E-state index in [-0.39, 0.29) is 11.1 Å². The third-order valence-electron chi connectivity index (χ3n) is 5.72. The standard InChI is InChI=1S/C25H27N3O/c1-17-13-18(2)28-12-11-25(4,5)22(24(17)28)10-8-7-9-21-15-20(14-19(3)29-21)23(16-26)27-6/h7-10,14-15,18H,1,11-13H2,2-5H3/b9-7+,10-8+,23-20-. The monoisotopic (exact) mass is 385 g/mol. The number of hydrogen-bond acceptors (Lipinski definition) is 3. The molecule has 0 aromatic heterocycles. The SMILES string of the molecule is [C-]#[N+]/C(C#N)=C1/C=C(C)OC(/C=C/C=C/C2=C3C(=C)CC(C)N3CCC2(C)C)=C1. The molecule has 3 heterocycles. The van der Waals surface area contributed by atoms with E-state index < -0.39 is 0 Å². The van der Waals surface area contributed by atoms with Crippen molar-refractivity contribution in [2.45, 2.75) is 46.6 Å². The Morgan fingerprint density at radius 1 is 1.38 bits per heavy atom. The Morgan fingerprint density at radius 2 is 2.10 bits per heavy atom. The van der Waals surface area contributed by atoms with Gasteiger partial charge in [0.2, 0.25) is 0 Å². The van der Waals surface area contributed by atoms with Crippen molar-refractivity contribution in [2.75, 3.05) is 6.54 Å². The molecule has 3 aliphatic heterocycles. The predicted molar refractivity (Wildman–Crippen MR) is 116 cm³/mol. The molecule has 1 saturated heterocycles. The van der Waals surface area contributed by atoms with Gasteiger partial charge in [-0.05, 0) is 67.1 Å². The van der Waals surface area contributed by atoms with Gasteiger partial charge in [0.25, 0.3) is 5.70 Å². The minimum Gasteiger partial charge on any atom is -0.462 e. The lowest BCUT2D eigenvalue weighted by Crippen LogP contribution is -2.36. The van der Waals surface area contributed by atoms with Crippen LogP contribution in [0.3, 0.4) is 0 Å². The van der Waals surface area contributed by atoms with E-state index in [1.54, 1.807) is 12.2 Å². The van der Waals surface area contributed by atoms with E-state index in [4.69, 9.17) is 16.6 Å². The summed E-state index contributed by atoms with van der Waals surface area (Å²) in [7, 11) is 0. The fraction of sp³-hybridized carbons (Fsp3) is 0.360. The first-order valence-corrected chi connectivity index (χ1v) is 9.91. The van der Waals surface area contributed by atoms with Crippen LogP contribution < -0.4 is 0 Å². The Kier molecular flexibility index (Phi) is 5.66. The van der Waals surface area contributed by atoms with Gasteiger partial charge in [0.15, 0.2) is 0 Å². The van der Waals surface area contributed by atoms with Crippen LogP contribution in [-0.2, 0) is 4.74 Å². The Labute approximate surface area is 174 Å². The molecule has 0 saturated carbocycles. The van der Waals surface area contributed by atoms with Crippen molar-refractivity contribution in [3.63, 3.8) is 0 Å². The van der Waals surface area contributed by atoms with E-state index >= 15 is 0 Å². The molecule has 0 spiro atoms. The van der Waals surface area contributed by atoms with Crippen molar-refractivity contribution in [3.05, 3.63) is 94.1 Å². The van der Waals surface area contributed by atoms with E-state index in [9.17, 15) is 0 Å². The molecule has 0 amide bonds. The minimum absolute atomic E-state index is 0.0685. The second-order valence-electron chi connectivity index (χ2n) is 8.40. The Hall–Kier alpha value is -3.24. The number of fused-ring (bicyclic) bond motifs is 1. The minimum atomic E-state index is 0.0685. The highest BCUT2D eigenvalue weighted by molar-refractivity contribution is 5.50. The topological polar surface area (TPSA) is 40.6 Å². The molecule has 0 aromatic carbocycles. The van der Waals surface area contributed by atoms with Crippen LogP contribution in [0.5, 0.6) is 0 Å². The molecule has 4 nitrogen and oxygen atoms in total. The first-order valence-electron chi connectivity index (χ1n) is 9.91. The van der Waals surface area contributed by atoms with E-state index in [2.05, 4.69) is 43.2 Å².